The van der Waals surface area contributed by atoms with Crippen LogP contribution < -0.4 is 5.32 Å². The first-order chi connectivity index (χ1) is 8.42. The van der Waals surface area contributed by atoms with Crippen LogP contribution in [0.1, 0.15) is 30.4 Å². The highest BCUT2D eigenvalue weighted by Gasteiger charge is 2.27. The Morgan fingerprint density at radius 1 is 1.24 bits per heavy atom. The van der Waals surface area contributed by atoms with E-state index in [-0.39, 0.29) is 0 Å². The van der Waals surface area contributed by atoms with E-state index in [0.29, 0.717) is 5.92 Å². The molecule has 2 aromatic rings. The zero-order valence-corrected chi connectivity index (χ0v) is 9.69. The van der Waals surface area contributed by atoms with E-state index in [2.05, 4.69) is 32.6 Å². The molecule has 1 heterocycles. The number of rotatable bonds is 5. The Labute approximate surface area is 100 Å². The van der Waals surface area contributed by atoms with E-state index in [0.717, 1.165) is 30.3 Å². The van der Waals surface area contributed by atoms with Crippen LogP contribution in [0.25, 0.3) is 0 Å². The predicted molar refractivity (Wildman–Crippen MR) is 67.0 cm³/mol. The molecule has 3 rings (SSSR count). The molecule has 0 saturated heterocycles. The minimum atomic E-state index is 0.627. The fourth-order valence-corrected chi connectivity index (χ4v) is 1.83. The number of nitrogens with zero attached hydrogens (tertiary/aromatic N) is 2. The van der Waals surface area contributed by atoms with Gasteiger partial charge in [0.1, 0.15) is 5.82 Å². The molecule has 88 valence electrons. The van der Waals surface area contributed by atoms with Crippen molar-refractivity contribution in [3.05, 3.63) is 42.0 Å². The van der Waals surface area contributed by atoms with Crippen LogP contribution in [0, 0.1) is 0 Å². The first-order valence-corrected chi connectivity index (χ1v) is 6.12. The maximum Gasteiger partial charge on any atom is 0.153 e. The maximum absolute atomic E-state index is 4.50. The van der Waals surface area contributed by atoms with Gasteiger partial charge in [0, 0.05) is 24.6 Å². The fraction of sp³-hybridized carbons (Fsp3) is 0.385. The van der Waals surface area contributed by atoms with E-state index < -0.39 is 0 Å². The van der Waals surface area contributed by atoms with Gasteiger partial charge in [-0.25, -0.2) is 4.98 Å². The van der Waals surface area contributed by atoms with Gasteiger partial charge >= 0.3 is 0 Å². The van der Waals surface area contributed by atoms with Crippen LogP contribution in [-0.2, 0) is 6.42 Å². The summed E-state index contributed by atoms with van der Waals surface area (Å²) >= 11 is 0. The molecule has 0 amide bonds. The summed E-state index contributed by atoms with van der Waals surface area (Å²) in [5.74, 6) is 2.61. The van der Waals surface area contributed by atoms with E-state index >= 15 is 0 Å². The number of benzene rings is 1. The second-order valence-corrected chi connectivity index (χ2v) is 4.46. The summed E-state index contributed by atoms with van der Waals surface area (Å²) in [4.78, 5) is 4.50. The number of aromatic amines is 1. The van der Waals surface area contributed by atoms with Crippen molar-refractivity contribution in [3.63, 3.8) is 0 Å². The molecule has 0 spiro atoms. The lowest BCUT2D eigenvalue weighted by Gasteiger charge is -2.03. The Bertz CT molecular complexity index is 473. The highest BCUT2D eigenvalue weighted by molar-refractivity contribution is 5.42. The smallest absolute Gasteiger partial charge is 0.153 e. The number of anilines is 1. The predicted octanol–water partition coefficient (Wildman–Crippen LogP) is 2.34. The third-order valence-corrected chi connectivity index (χ3v) is 2.96. The molecule has 0 unspecified atom stereocenters. The Morgan fingerprint density at radius 2 is 2.06 bits per heavy atom. The summed E-state index contributed by atoms with van der Waals surface area (Å²) in [6.45, 7) is 0.878. The van der Waals surface area contributed by atoms with Crippen molar-refractivity contribution in [1.82, 2.24) is 15.2 Å². The van der Waals surface area contributed by atoms with E-state index in [9.17, 15) is 0 Å². The van der Waals surface area contributed by atoms with Gasteiger partial charge in [0.2, 0.25) is 0 Å². The largest absolute Gasteiger partial charge is 0.385 e. The van der Waals surface area contributed by atoms with E-state index in [1.54, 1.807) is 0 Å². The van der Waals surface area contributed by atoms with Crippen LogP contribution in [0.3, 0.4) is 0 Å². The third kappa shape index (κ3) is 2.64. The molecule has 0 atom stereocenters. The number of nitrogens with one attached hydrogen (secondary N) is 2. The highest BCUT2D eigenvalue weighted by atomic mass is 15.2. The minimum Gasteiger partial charge on any atom is -0.385 e. The Balaban J connectivity index is 1.50. The van der Waals surface area contributed by atoms with Gasteiger partial charge < -0.3 is 5.32 Å². The van der Waals surface area contributed by atoms with Crippen molar-refractivity contribution in [3.8, 4) is 0 Å². The lowest BCUT2D eigenvalue weighted by Crippen LogP contribution is -2.05. The SMILES string of the molecule is c1ccc(NCCc2nc(C3CC3)n[nH]2)cc1. The second-order valence-electron chi connectivity index (χ2n) is 4.46. The van der Waals surface area contributed by atoms with Gasteiger partial charge in [-0.15, -0.1) is 0 Å². The molecule has 1 saturated carbocycles. The topological polar surface area (TPSA) is 53.6 Å². The van der Waals surface area contributed by atoms with Gasteiger partial charge in [-0.1, -0.05) is 18.2 Å². The number of H-pyrrole nitrogens is 1. The fourth-order valence-electron chi connectivity index (χ4n) is 1.83. The second kappa shape index (κ2) is 4.57. The molecule has 0 bridgehead atoms. The quantitative estimate of drug-likeness (QED) is 0.825. The number of para-hydroxylation sites is 1. The molecule has 1 aliphatic carbocycles. The standard InChI is InChI=1S/C13H16N4/c1-2-4-11(5-3-1)14-9-8-12-15-13(17-16-12)10-6-7-10/h1-5,10,14H,6-9H2,(H,15,16,17). The summed E-state index contributed by atoms with van der Waals surface area (Å²) in [6, 6.07) is 10.2. The molecular formula is C13H16N4. The van der Waals surface area contributed by atoms with Crippen LogP contribution in [0.15, 0.2) is 30.3 Å². The Hall–Kier alpha value is -1.84. The lowest BCUT2D eigenvalue weighted by atomic mass is 10.3. The van der Waals surface area contributed by atoms with Crippen LogP contribution in [-0.4, -0.2) is 21.7 Å². The normalized spacial score (nSPS) is 14.8. The van der Waals surface area contributed by atoms with Gasteiger partial charge in [0.25, 0.3) is 0 Å². The van der Waals surface area contributed by atoms with Crippen LogP contribution >= 0.6 is 0 Å². The summed E-state index contributed by atoms with van der Waals surface area (Å²) in [5.41, 5.74) is 1.15. The highest BCUT2D eigenvalue weighted by Crippen LogP contribution is 2.37. The molecule has 1 aromatic heterocycles. The van der Waals surface area contributed by atoms with Crippen molar-refractivity contribution < 1.29 is 0 Å². The molecule has 1 aliphatic rings. The summed E-state index contributed by atoms with van der Waals surface area (Å²) < 4.78 is 0. The maximum atomic E-state index is 4.50. The van der Waals surface area contributed by atoms with Crippen molar-refractivity contribution in [1.29, 1.82) is 0 Å². The molecule has 0 radical (unpaired) electrons. The number of aromatic nitrogens is 3. The van der Waals surface area contributed by atoms with E-state index in [4.69, 9.17) is 0 Å². The molecule has 0 aliphatic heterocycles. The molecular weight excluding hydrogens is 212 g/mol. The molecule has 4 heteroatoms. The van der Waals surface area contributed by atoms with Gasteiger partial charge in [-0.05, 0) is 25.0 Å². The molecule has 4 nitrogen and oxygen atoms in total. The molecule has 1 aromatic carbocycles. The zero-order valence-electron chi connectivity index (χ0n) is 9.69. The summed E-state index contributed by atoms with van der Waals surface area (Å²) in [6.07, 6.45) is 3.38. The summed E-state index contributed by atoms with van der Waals surface area (Å²) in [5, 5.41) is 10.6. The Kier molecular flexibility index (Phi) is 2.78. The molecule has 2 N–H and O–H groups in total. The molecule has 1 fully saturated rings. The number of hydrogen-bond donors (Lipinski definition) is 2. The lowest BCUT2D eigenvalue weighted by molar-refractivity contribution is 0.901. The average Bonchev–Trinajstić information content (AvgIpc) is 3.11. The van der Waals surface area contributed by atoms with Crippen molar-refractivity contribution in [2.45, 2.75) is 25.2 Å². The van der Waals surface area contributed by atoms with Gasteiger partial charge in [0.15, 0.2) is 5.82 Å². The third-order valence-electron chi connectivity index (χ3n) is 2.96. The van der Waals surface area contributed by atoms with Crippen molar-refractivity contribution >= 4 is 5.69 Å². The van der Waals surface area contributed by atoms with Crippen LogP contribution in [0.5, 0.6) is 0 Å². The monoisotopic (exact) mass is 228 g/mol. The van der Waals surface area contributed by atoms with E-state index in [1.165, 1.54) is 12.8 Å². The minimum absolute atomic E-state index is 0.627. The van der Waals surface area contributed by atoms with Gasteiger partial charge in [-0.2, -0.15) is 5.10 Å². The van der Waals surface area contributed by atoms with Crippen molar-refractivity contribution in [2.24, 2.45) is 0 Å². The first-order valence-electron chi connectivity index (χ1n) is 6.12. The van der Waals surface area contributed by atoms with Crippen molar-refractivity contribution in [2.75, 3.05) is 11.9 Å². The molecule has 17 heavy (non-hydrogen) atoms. The van der Waals surface area contributed by atoms with Gasteiger partial charge in [0.05, 0.1) is 0 Å². The van der Waals surface area contributed by atoms with E-state index in [1.807, 2.05) is 18.2 Å². The number of hydrogen-bond acceptors (Lipinski definition) is 3. The van der Waals surface area contributed by atoms with Crippen LogP contribution in [0.4, 0.5) is 5.69 Å². The first kappa shape index (κ1) is 10.3. The Morgan fingerprint density at radius 3 is 2.82 bits per heavy atom. The summed E-state index contributed by atoms with van der Waals surface area (Å²) in [7, 11) is 0. The van der Waals surface area contributed by atoms with Gasteiger partial charge in [-0.3, -0.25) is 5.10 Å². The zero-order chi connectivity index (χ0) is 11.5. The average molecular weight is 228 g/mol. The van der Waals surface area contributed by atoms with Crippen LogP contribution in [0.2, 0.25) is 0 Å².